The first-order valence-corrected chi connectivity index (χ1v) is 8.95. The van der Waals surface area contributed by atoms with Crippen molar-refractivity contribution in [1.29, 1.82) is 0 Å². The van der Waals surface area contributed by atoms with Crippen molar-refractivity contribution in [2.24, 2.45) is 0 Å². The highest BCUT2D eigenvalue weighted by Crippen LogP contribution is 2.28. The van der Waals surface area contributed by atoms with Crippen LogP contribution in [-0.4, -0.2) is 36.4 Å². The summed E-state index contributed by atoms with van der Waals surface area (Å²) < 4.78 is 5.25. The molecule has 2 aromatic carbocycles. The molecule has 3 rings (SSSR count). The second-order valence-electron chi connectivity index (χ2n) is 6.90. The molecule has 1 heterocycles. The molecule has 0 bridgehead atoms. The number of urea groups is 1. The first kappa shape index (κ1) is 19.4. The normalized spacial score (nSPS) is 18.8. The summed E-state index contributed by atoms with van der Waals surface area (Å²) >= 11 is 0. The van der Waals surface area contributed by atoms with E-state index in [-0.39, 0.29) is 13.1 Å². The van der Waals surface area contributed by atoms with Crippen molar-refractivity contribution in [2.75, 3.05) is 13.7 Å². The third-order valence-electron chi connectivity index (χ3n) is 4.87. The number of aryl methyl sites for hydroxylation is 1. The van der Waals surface area contributed by atoms with Crippen LogP contribution in [0, 0.1) is 6.92 Å². The van der Waals surface area contributed by atoms with E-state index >= 15 is 0 Å². The molecular weight excluding hydrogens is 358 g/mol. The Labute approximate surface area is 163 Å². The number of carbonyl (C=O) groups is 3. The second kappa shape index (κ2) is 7.72. The zero-order valence-electron chi connectivity index (χ0n) is 16.1. The van der Waals surface area contributed by atoms with Crippen LogP contribution in [0.25, 0.3) is 0 Å². The summed E-state index contributed by atoms with van der Waals surface area (Å²) in [4.78, 5) is 38.5. The summed E-state index contributed by atoms with van der Waals surface area (Å²) in [6, 6.07) is 14.1. The molecule has 0 unspecified atom stereocenters. The molecule has 2 N–H and O–H groups in total. The van der Waals surface area contributed by atoms with E-state index in [1.165, 1.54) is 0 Å². The van der Waals surface area contributed by atoms with Gasteiger partial charge in [-0.3, -0.25) is 14.5 Å². The summed E-state index contributed by atoms with van der Waals surface area (Å²) in [7, 11) is 1.56. The quantitative estimate of drug-likeness (QED) is 0.750. The Morgan fingerprint density at radius 2 is 1.82 bits per heavy atom. The lowest BCUT2D eigenvalue weighted by Gasteiger charge is -2.22. The number of amides is 4. The van der Waals surface area contributed by atoms with E-state index in [2.05, 4.69) is 10.6 Å². The average molecular weight is 381 g/mol. The van der Waals surface area contributed by atoms with Crippen molar-refractivity contribution in [3.8, 4) is 5.75 Å². The molecular formula is C21H23N3O4. The second-order valence-corrected chi connectivity index (χ2v) is 6.90. The average Bonchev–Trinajstić information content (AvgIpc) is 2.91. The minimum absolute atomic E-state index is 0.238. The maximum absolute atomic E-state index is 12.9. The van der Waals surface area contributed by atoms with Crippen LogP contribution < -0.4 is 15.4 Å². The van der Waals surface area contributed by atoms with Gasteiger partial charge < -0.3 is 15.4 Å². The number of para-hydroxylation sites is 1. The van der Waals surface area contributed by atoms with Crippen molar-refractivity contribution in [1.82, 2.24) is 15.5 Å². The molecule has 0 aromatic heterocycles. The van der Waals surface area contributed by atoms with Gasteiger partial charge >= 0.3 is 6.03 Å². The summed E-state index contributed by atoms with van der Waals surface area (Å²) in [6.07, 6.45) is 0. The SMILES string of the molecule is COc1ccccc1CNC(=O)CN1C(=O)N[C@@](C)(c2ccc(C)cc2)C1=O. The largest absolute Gasteiger partial charge is 0.496 e. The summed E-state index contributed by atoms with van der Waals surface area (Å²) in [5.74, 6) is -0.221. The lowest BCUT2D eigenvalue weighted by atomic mass is 9.91. The molecule has 1 aliphatic heterocycles. The molecule has 7 nitrogen and oxygen atoms in total. The van der Waals surface area contributed by atoms with Crippen LogP contribution in [0.4, 0.5) is 4.79 Å². The van der Waals surface area contributed by atoms with Crippen molar-refractivity contribution in [3.63, 3.8) is 0 Å². The van der Waals surface area contributed by atoms with Gasteiger partial charge in [-0.15, -0.1) is 0 Å². The standard InChI is InChI=1S/C21H23N3O4/c1-14-8-10-16(11-9-14)21(2)19(26)24(20(27)23-21)13-18(25)22-12-15-6-4-5-7-17(15)28-3/h4-11H,12-13H2,1-3H3,(H,22,25)(H,23,27)/t21-/m0/s1. The number of hydrogen-bond donors (Lipinski definition) is 2. The zero-order valence-corrected chi connectivity index (χ0v) is 16.1. The number of carbonyl (C=O) groups excluding carboxylic acids is 3. The Hall–Kier alpha value is -3.35. The van der Waals surface area contributed by atoms with Gasteiger partial charge in [0.1, 0.15) is 17.8 Å². The minimum Gasteiger partial charge on any atom is -0.496 e. The van der Waals surface area contributed by atoms with Crippen LogP contribution in [0.2, 0.25) is 0 Å². The van der Waals surface area contributed by atoms with Gasteiger partial charge in [0.15, 0.2) is 0 Å². The zero-order chi connectivity index (χ0) is 20.3. The molecule has 0 saturated carbocycles. The molecule has 0 aliphatic carbocycles. The van der Waals surface area contributed by atoms with Gasteiger partial charge in [-0.05, 0) is 25.5 Å². The number of benzene rings is 2. The maximum atomic E-state index is 12.9. The van der Waals surface area contributed by atoms with E-state index in [1.807, 2.05) is 37.3 Å². The van der Waals surface area contributed by atoms with E-state index in [0.29, 0.717) is 11.3 Å². The van der Waals surface area contributed by atoms with Gasteiger partial charge in [0.25, 0.3) is 5.91 Å². The number of imide groups is 1. The third kappa shape index (κ3) is 3.69. The Morgan fingerprint density at radius 3 is 2.50 bits per heavy atom. The number of nitrogens with one attached hydrogen (secondary N) is 2. The van der Waals surface area contributed by atoms with Gasteiger partial charge in [-0.1, -0.05) is 48.0 Å². The molecule has 28 heavy (non-hydrogen) atoms. The van der Waals surface area contributed by atoms with E-state index in [4.69, 9.17) is 4.74 Å². The van der Waals surface area contributed by atoms with Gasteiger partial charge in [-0.2, -0.15) is 0 Å². The molecule has 2 aromatic rings. The third-order valence-corrected chi connectivity index (χ3v) is 4.87. The first-order valence-electron chi connectivity index (χ1n) is 8.95. The minimum atomic E-state index is -1.19. The lowest BCUT2D eigenvalue weighted by molar-refractivity contribution is -0.134. The fourth-order valence-electron chi connectivity index (χ4n) is 3.17. The monoisotopic (exact) mass is 381 g/mol. The lowest BCUT2D eigenvalue weighted by Crippen LogP contribution is -2.43. The molecule has 0 radical (unpaired) electrons. The number of ether oxygens (including phenoxy) is 1. The number of nitrogens with zero attached hydrogens (tertiary/aromatic N) is 1. The van der Waals surface area contributed by atoms with E-state index in [9.17, 15) is 14.4 Å². The molecule has 4 amide bonds. The number of hydrogen-bond acceptors (Lipinski definition) is 4. The van der Waals surface area contributed by atoms with Crippen molar-refractivity contribution in [3.05, 3.63) is 65.2 Å². The first-order chi connectivity index (χ1) is 13.3. The molecule has 7 heteroatoms. The van der Waals surface area contributed by atoms with Crippen molar-refractivity contribution >= 4 is 17.8 Å². The van der Waals surface area contributed by atoms with Crippen LogP contribution in [0.5, 0.6) is 5.75 Å². The van der Waals surface area contributed by atoms with Crippen LogP contribution in [0.3, 0.4) is 0 Å². The molecule has 146 valence electrons. The summed E-state index contributed by atoms with van der Waals surface area (Å²) in [6.45, 7) is 3.48. The van der Waals surface area contributed by atoms with Crippen molar-refractivity contribution < 1.29 is 19.1 Å². The van der Waals surface area contributed by atoms with Gasteiger partial charge in [0, 0.05) is 12.1 Å². The van der Waals surface area contributed by atoms with Gasteiger partial charge in [0.05, 0.1) is 7.11 Å². The predicted octanol–water partition coefficient (Wildman–Crippen LogP) is 2.09. The molecule has 1 atom stereocenters. The van der Waals surface area contributed by atoms with Gasteiger partial charge in [-0.25, -0.2) is 4.79 Å². The Morgan fingerprint density at radius 1 is 1.14 bits per heavy atom. The predicted molar refractivity (Wildman–Crippen MR) is 104 cm³/mol. The van der Waals surface area contributed by atoms with Crippen LogP contribution in [0.1, 0.15) is 23.6 Å². The molecule has 1 fully saturated rings. The molecule has 1 saturated heterocycles. The highest BCUT2D eigenvalue weighted by Gasteiger charge is 2.49. The Balaban J connectivity index is 1.67. The maximum Gasteiger partial charge on any atom is 0.325 e. The Bertz CT molecular complexity index is 910. The molecule has 1 aliphatic rings. The van der Waals surface area contributed by atoms with E-state index in [1.54, 1.807) is 32.2 Å². The van der Waals surface area contributed by atoms with Crippen LogP contribution in [0.15, 0.2) is 48.5 Å². The Kier molecular flexibility index (Phi) is 5.35. The fraction of sp³-hybridized carbons (Fsp3) is 0.286. The summed E-state index contributed by atoms with van der Waals surface area (Å²) in [5, 5.41) is 5.42. The number of methoxy groups -OCH3 is 1. The molecule has 0 spiro atoms. The number of rotatable bonds is 6. The van der Waals surface area contributed by atoms with E-state index in [0.717, 1.165) is 16.0 Å². The topological polar surface area (TPSA) is 87.7 Å². The highest BCUT2D eigenvalue weighted by molar-refractivity contribution is 6.09. The van der Waals surface area contributed by atoms with Crippen molar-refractivity contribution in [2.45, 2.75) is 25.9 Å². The van der Waals surface area contributed by atoms with Crippen LogP contribution >= 0.6 is 0 Å². The highest BCUT2D eigenvalue weighted by atomic mass is 16.5. The smallest absolute Gasteiger partial charge is 0.325 e. The van der Waals surface area contributed by atoms with Gasteiger partial charge in [0.2, 0.25) is 5.91 Å². The van der Waals surface area contributed by atoms with E-state index < -0.39 is 23.4 Å². The summed E-state index contributed by atoms with van der Waals surface area (Å²) in [5.41, 5.74) is 1.35. The fourth-order valence-corrected chi connectivity index (χ4v) is 3.17. The van der Waals surface area contributed by atoms with Crippen LogP contribution in [-0.2, 0) is 21.7 Å².